The maximum Gasteiger partial charge on any atom is 0.327 e. The van der Waals surface area contributed by atoms with Gasteiger partial charge in [-0.25, -0.2) is 4.79 Å². The Bertz CT molecular complexity index is 935. The summed E-state index contributed by atoms with van der Waals surface area (Å²) in [6, 6.07) is 2.00. The molecule has 0 aromatic carbocycles. The van der Waals surface area contributed by atoms with E-state index in [9.17, 15) is 24.0 Å². The van der Waals surface area contributed by atoms with Gasteiger partial charge in [-0.1, -0.05) is 6.08 Å². The van der Waals surface area contributed by atoms with E-state index in [1.165, 1.54) is 48.7 Å². The van der Waals surface area contributed by atoms with Crippen LogP contribution in [0.3, 0.4) is 0 Å². The number of aromatic nitrogens is 1. The average Bonchev–Trinajstić information content (AvgIpc) is 3.26. The molecule has 11 nitrogen and oxygen atoms in total. The summed E-state index contributed by atoms with van der Waals surface area (Å²) in [5, 5.41) is 16.4. The van der Waals surface area contributed by atoms with E-state index in [1.54, 1.807) is 0 Å². The number of rotatable bonds is 12. The van der Waals surface area contributed by atoms with Gasteiger partial charge < -0.3 is 30.5 Å². The van der Waals surface area contributed by atoms with Crippen LogP contribution in [0.5, 0.6) is 0 Å². The highest BCUT2D eigenvalue weighted by molar-refractivity contribution is 5.96. The molecule has 2 heterocycles. The summed E-state index contributed by atoms with van der Waals surface area (Å²) < 4.78 is 1.20. The Hall–Kier alpha value is -3.47. The molecule has 180 valence electrons. The quantitative estimate of drug-likeness (QED) is 0.318. The highest BCUT2D eigenvalue weighted by atomic mass is 16.4. The number of hydrogen-bond donors (Lipinski definition) is 4. The number of carboxylic acid groups (broad SMARTS) is 1. The van der Waals surface area contributed by atoms with Crippen molar-refractivity contribution < 1.29 is 24.3 Å². The fourth-order valence-corrected chi connectivity index (χ4v) is 3.51. The number of hydrogen-bond acceptors (Lipinski definition) is 6. The molecular weight excluding hydrogens is 430 g/mol. The number of nitrogens with one attached hydrogen (secondary N) is 3. The van der Waals surface area contributed by atoms with E-state index in [0.717, 1.165) is 25.7 Å². The third-order valence-corrected chi connectivity index (χ3v) is 5.12. The molecule has 1 aromatic rings. The molecule has 11 heteroatoms. The van der Waals surface area contributed by atoms with Crippen LogP contribution in [0.1, 0.15) is 32.6 Å². The molecule has 1 saturated heterocycles. The Morgan fingerprint density at radius 3 is 2.61 bits per heavy atom. The normalized spacial score (nSPS) is 14.7. The van der Waals surface area contributed by atoms with Gasteiger partial charge in [0.1, 0.15) is 18.3 Å². The van der Waals surface area contributed by atoms with Gasteiger partial charge in [0.2, 0.25) is 17.7 Å². The van der Waals surface area contributed by atoms with Crippen molar-refractivity contribution in [3.8, 4) is 0 Å². The number of likely N-dealkylation sites (tertiary alicyclic amines) is 1. The number of carboxylic acids is 1. The summed E-state index contributed by atoms with van der Waals surface area (Å²) in [5.74, 6) is -2.46. The van der Waals surface area contributed by atoms with E-state index >= 15 is 0 Å². The SMILES string of the molecule is CC(=O)NC(CC/C=C/C(=O)O)C(=O)Nc1cccn(CC(=O)NCCN2CCCC2)c1=O. The molecule has 1 atom stereocenters. The number of amides is 3. The van der Waals surface area contributed by atoms with Crippen LogP contribution in [0.2, 0.25) is 0 Å². The van der Waals surface area contributed by atoms with E-state index in [1.807, 2.05) is 0 Å². The van der Waals surface area contributed by atoms with E-state index in [-0.39, 0.29) is 31.0 Å². The number of nitrogens with zero attached hydrogens (tertiary/aromatic N) is 2. The molecule has 0 aliphatic carbocycles. The first-order chi connectivity index (χ1) is 15.8. The zero-order valence-corrected chi connectivity index (χ0v) is 18.7. The smallest absolute Gasteiger partial charge is 0.327 e. The molecule has 1 aromatic heterocycles. The Labute approximate surface area is 191 Å². The van der Waals surface area contributed by atoms with E-state index in [0.29, 0.717) is 6.54 Å². The monoisotopic (exact) mass is 461 g/mol. The molecular formula is C22H31N5O6. The summed E-state index contributed by atoms with van der Waals surface area (Å²) in [6.07, 6.45) is 6.52. The van der Waals surface area contributed by atoms with Gasteiger partial charge in [0.05, 0.1) is 0 Å². The van der Waals surface area contributed by atoms with Crippen molar-refractivity contribution in [2.24, 2.45) is 0 Å². The lowest BCUT2D eigenvalue weighted by Crippen LogP contribution is -2.44. The summed E-state index contributed by atoms with van der Waals surface area (Å²) >= 11 is 0. The van der Waals surface area contributed by atoms with Gasteiger partial charge in [-0.3, -0.25) is 19.2 Å². The van der Waals surface area contributed by atoms with E-state index < -0.39 is 29.4 Å². The second kappa shape index (κ2) is 13.2. The van der Waals surface area contributed by atoms with Crippen molar-refractivity contribution in [3.63, 3.8) is 0 Å². The number of carbonyl (C=O) groups excluding carboxylic acids is 3. The number of pyridine rings is 1. The largest absolute Gasteiger partial charge is 0.478 e. The van der Waals surface area contributed by atoms with Gasteiger partial charge >= 0.3 is 5.97 Å². The summed E-state index contributed by atoms with van der Waals surface area (Å²) in [6.45, 7) is 4.41. The zero-order chi connectivity index (χ0) is 24.2. The predicted molar refractivity (Wildman–Crippen MR) is 122 cm³/mol. The third-order valence-electron chi connectivity index (χ3n) is 5.12. The molecule has 33 heavy (non-hydrogen) atoms. The minimum atomic E-state index is -1.11. The Kier molecular flexibility index (Phi) is 10.3. The first-order valence-corrected chi connectivity index (χ1v) is 10.9. The van der Waals surface area contributed by atoms with E-state index in [2.05, 4.69) is 20.9 Å². The van der Waals surface area contributed by atoms with Crippen LogP contribution in [-0.2, 0) is 25.7 Å². The van der Waals surface area contributed by atoms with Gasteiger partial charge in [-0.2, -0.15) is 0 Å². The molecule has 0 spiro atoms. The van der Waals surface area contributed by atoms with Crippen LogP contribution in [0, 0.1) is 0 Å². The zero-order valence-electron chi connectivity index (χ0n) is 18.7. The lowest BCUT2D eigenvalue weighted by molar-refractivity contribution is -0.131. The lowest BCUT2D eigenvalue weighted by atomic mass is 10.1. The molecule has 3 amide bonds. The number of anilines is 1. The first kappa shape index (κ1) is 25.8. The van der Waals surface area contributed by atoms with Gasteiger partial charge in [0, 0.05) is 32.3 Å². The fraction of sp³-hybridized carbons (Fsp3) is 0.500. The van der Waals surface area contributed by atoms with Crippen molar-refractivity contribution in [1.82, 2.24) is 20.1 Å². The molecule has 0 radical (unpaired) electrons. The summed E-state index contributed by atoms with van der Waals surface area (Å²) in [7, 11) is 0. The van der Waals surface area contributed by atoms with Crippen LogP contribution in [-0.4, -0.2) is 70.5 Å². The summed E-state index contributed by atoms with van der Waals surface area (Å²) in [4.78, 5) is 61.8. The van der Waals surface area contributed by atoms with E-state index in [4.69, 9.17) is 5.11 Å². The van der Waals surface area contributed by atoms with Gasteiger partial charge in [-0.15, -0.1) is 0 Å². The second-order valence-electron chi connectivity index (χ2n) is 7.81. The van der Waals surface area contributed by atoms with Gasteiger partial charge in [-0.05, 0) is 50.9 Å². The minimum absolute atomic E-state index is 0.0243. The van der Waals surface area contributed by atoms with Crippen molar-refractivity contribution in [3.05, 3.63) is 40.8 Å². The fourth-order valence-electron chi connectivity index (χ4n) is 3.51. The molecule has 1 unspecified atom stereocenters. The number of allylic oxidation sites excluding steroid dienone is 1. The topological polar surface area (TPSA) is 150 Å². The van der Waals surface area contributed by atoms with Gasteiger partial charge in [0.15, 0.2) is 0 Å². The van der Waals surface area contributed by atoms with Crippen molar-refractivity contribution in [2.45, 2.75) is 45.2 Å². The molecule has 0 saturated carbocycles. The maximum atomic E-state index is 12.7. The van der Waals surface area contributed by atoms with Crippen molar-refractivity contribution >= 4 is 29.4 Å². The molecule has 1 fully saturated rings. The maximum absolute atomic E-state index is 12.7. The standard InChI is InChI=1S/C22H31N5O6/c1-16(28)24-17(7-2-3-9-20(30)31)21(32)25-18-8-6-13-27(22(18)33)15-19(29)23-10-14-26-11-4-5-12-26/h3,6,8-9,13,17H,2,4-5,7,10-12,14-15H2,1H3,(H,23,29)(H,24,28)(H,25,32)(H,30,31)/b9-3+. The Morgan fingerprint density at radius 2 is 1.94 bits per heavy atom. The first-order valence-electron chi connectivity index (χ1n) is 10.9. The average molecular weight is 462 g/mol. The summed E-state index contributed by atoms with van der Waals surface area (Å²) in [5.41, 5.74) is -0.573. The molecule has 1 aliphatic rings. The number of aliphatic carboxylic acids is 1. The van der Waals surface area contributed by atoms with Crippen LogP contribution in [0.25, 0.3) is 0 Å². The predicted octanol–water partition coefficient (Wildman–Crippen LogP) is -0.0755. The van der Waals surface area contributed by atoms with Crippen LogP contribution in [0.15, 0.2) is 35.3 Å². The van der Waals surface area contributed by atoms with Crippen LogP contribution >= 0.6 is 0 Å². The van der Waals surface area contributed by atoms with Crippen LogP contribution in [0.4, 0.5) is 5.69 Å². The molecule has 1 aliphatic heterocycles. The minimum Gasteiger partial charge on any atom is -0.478 e. The lowest BCUT2D eigenvalue weighted by Gasteiger charge is -2.17. The highest BCUT2D eigenvalue weighted by Crippen LogP contribution is 2.06. The van der Waals surface area contributed by atoms with Crippen LogP contribution < -0.4 is 21.5 Å². The molecule has 2 rings (SSSR count). The Morgan fingerprint density at radius 1 is 1.21 bits per heavy atom. The third kappa shape index (κ3) is 9.27. The van der Waals surface area contributed by atoms with Crippen molar-refractivity contribution in [1.29, 1.82) is 0 Å². The second-order valence-corrected chi connectivity index (χ2v) is 7.81. The number of carbonyl (C=O) groups is 4. The highest BCUT2D eigenvalue weighted by Gasteiger charge is 2.20. The molecule has 0 bridgehead atoms. The molecule has 4 N–H and O–H groups in total. The van der Waals surface area contributed by atoms with Gasteiger partial charge in [0.25, 0.3) is 5.56 Å². The Balaban J connectivity index is 1.95. The van der Waals surface area contributed by atoms with Crippen molar-refractivity contribution in [2.75, 3.05) is 31.5 Å².